The third-order valence-electron chi connectivity index (χ3n) is 6.33. The minimum Gasteiger partial charge on any atom is -0.496 e. The van der Waals surface area contributed by atoms with Gasteiger partial charge in [0.05, 0.1) is 18.5 Å². The van der Waals surface area contributed by atoms with Crippen molar-refractivity contribution in [3.63, 3.8) is 0 Å². The van der Waals surface area contributed by atoms with Gasteiger partial charge < -0.3 is 14.4 Å². The second-order valence-electron chi connectivity index (χ2n) is 10.8. The minimum atomic E-state index is -0.382. The molecule has 0 fully saturated rings. The lowest BCUT2D eigenvalue weighted by molar-refractivity contribution is 0.0646. The monoisotopic (exact) mass is 515 g/mol. The van der Waals surface area contributed by atoms with Gasteiger partial charge in [-0.2, -0.15) is 5.10 Å². The lowest BCUT2D eigenvalue weighted by Crippen LogP contribution is -2.43. The third kappa shape index (κ3) is 4.62. The number of hydrogen-bond acceptors (Lipinski definition) is 4. The van der Waals surface area contributed by atoms with E-state index in [9.17, 15) is 4.79 Å². The van der Waals surface area contributed by atoms with Gasteiger partial charge in [-0.05, 0) is 50.5 Å². The molecular weight excluding hydrogens is 485 g/mol. The highest BCUT2D eigenvalue weighted by molar-refractivity contribution is 6.34. The third-order valence-corrected chi connectivity index (χ3v) is 6.76. The molecule has 0 saturated carbocycles. The molecule has 186 valence electrons. The number of rotatable bonds is 3. The van der Waals surface area contributed by atoms with Crippen molar-refractivity contribution in [3.05, 3.63) is 57.2 Å². The summed E-state index contributed by atoms with van der Waals surface area (Å²) in [6.45, 7) is 12.5. The van der Waals surface area contributed by atoms with Crippen LogP contribution in [0.5, 0.6) is 11.5 Å². The normalized spacial score (nSPS) is 13.1. The Morgan fingerprint density at radius 3 is 2.23 bits per heavy atom. The van der Waals surface area contributed by atoms with Crippen LogP contribution >= 0.6 is 23.2 Å². The molecule has 4 rings (SSSR count). The fourth-order valence-electron chi connectivity index (χ4n) is 4.12. The molecule has 6 nitrogen and oxygen atoms in total. The maximum atomic E-state index is 13.6. The maximum absolute atomic E-state index is 13.6. The molecule has 0 bridgehead atoms. The van der Waals surface area contributed by atoms with Crippen molar-refractivity contribution in [1.82, 2.24) is 14.7 Å². The second kappa shape index (κ2) is 8.75. The molecule has 8 heteroatoms. The number of halogens is 2. The van der Waals surface area contributed by atoms with Gasteiger partial charge in [-0.1, -0.05) is 44.0 Å². The van der Waals surface area contributed by atoms with E-state index in [0.717, 1.165) is 28.1 Å². The summed E-state index contributed by atoms with van der Waals surface area (Å²) in [6, 6.07) is 9.21. The Morgan fingerprint density at radius 2 is 1.69 bits per heavy atom. The van der Waals surface area contributed by atoms with Crippen LogP contribution in [-0.2, 0) is 12.0 Å². The van der Waals surface area contributed by atoms with E-state index in [-0.39, 0.29) is 23.5 Å². The van der Waals surface area contributed by atoms with Crippen molar-refractivity contribution in [3.8, 4) is 28.4 Å². The standard InChI is InChI=1S/C27H31Cl2N3O3/c1-26(2,3)20-12-18-21(13-22(20)34-8)35-14-19-23(25(33)31(7)27(4,5)6)30-32(24(18)19)17-10-15(28)9-16(29)11-17/h9-13H,14H2,1-8H3. The SMILES string of the molecule is COc1cc2c(cc1C(C)(C)C)-c1c(c(C(=O)N(C)C(C)(C)C)nn1-c1cc(Cl)cc(Cl)c1)CO2. The summed E-state index contributed by atoms with van der Waals surface area (Å²) in [5, 5.41) is 5.77. The van der Waals surface area contributed by atoms with Gasteiger partial charge in [0.15, 0.2) is 5.69 Å². The quantitative estimate of drug-likeness (QED) is 0.380. The van der Waals surface area contributed by atoms with Gasteiger partial charge in [0, 0.05) is 45.4 Å². The molecule has 0 spiro atoms. The number of ether oxygens (including phenoxy) is 2. The van der Waals surface area contributed by atoms with Crippen molar-refractivity contribution in [2.45, 2.75) is 59.1 Å². The largest absolute Gasteiger partial charge is 0.496 e. The zero-order valence-corrected chi connectivity index (χ0v) is 22.9. The van der Waals surface area contributed by atoms with Gasteiger partial charge in [-0.3, -0.25) is 4.79 Å². The Bertz CT molecular complexity index is 1300. The van der Waals surface area contributed by atoms with E-state index in [0.29, 0.717) is 27.2 Å². The molecule has 1 amide bonds. The summed E-state index contributed by atoms with van der Waals surface area (Å²) in [7, 11) is 3.44. The topological polar surface area (TPSA) is 56.6 Å². The first-order valence-corrected chi connectivity index (χ1v) is 12.2. The molecule has 1 aliphatic heterocycles. The molecule has 35 heavy (non-hydrogen) atoms. The van der Waals surface area contributed by atoms with Gasteiger partial charge in [0.2, 0.25) is 0 Å². The first-order valence-electron chi connectivity index (χ1n) is 11.4. The number of aromatic nitrogens is 2. The molecule has 0 atom stereocenters. The molecule has 2 aromatic carbocycles. The fourth-order valence-corrected chi connectivity index (χ4v) is 4.63. The van der Waals surface area contributed by atoms with Crippen molar-refractivity contribution in [2.75, 3.05) is 14.2 Å². The Balaban J connectivity index is 2.04. The first-order chi connectivity index (χ1) is 16.2. The predicted octanol–water partition coefficient (Wildman–Crippen LogP) is 6.92. The average Bonchev–Trinajstić information content (AvgIpc) is 3.15. The molecular formula is C27H31Cl2N3O3. The zero-order valence-electron chi connectivity index (χ0n) is 21.4. The van der Waals surface area contributed by atoms with Gasteiger partial charge in [-0.25, -0.2) is 4.68 Å². The number of nitrogens with zero attached hydrogens (tertiary/aromatic N) is 3. The summed E-state index contributed by atoms with van der Waals surface area (Å²) < 4.78 is 13.6. The van der Waals surface area contributed by atoms with Gasteiger partial charge in [0.25, 0.3) is 5.91 Å². The van der Waals surface area contributed by atoms with E-state index in [1.54, 1.807) is 41.9 Å². The molecule has 3 aromatic rings. The van der Waals surface area contributed by atoms with Crippen LogP contribution in [0.25, 0.3) is 16.9 Å². The molecule has 2 heterocycles. The number of methoxy groups -OCH3 is 1. The number of fused-ring (bicyclic) bond motifs is 3. The Labute approximate surface area is 216 Å². The molecule has 0 aliphatic carbocycles. The number of amides is 1. The van der Waals surface area contributed by atoms with Gasteiger partial charge >= 0.3 is 0 Å². The highest BCUT2D eigenvalue weighted by atomic mass is 35.5. The molecule has 1 aromatic heterocycles. The maximum Gasteiger partial charge on any atom is 0.274 e. The summed E-state index contributed by atoms with van der Waals surface area (Å²) in [5.74, 6) is 1.23. The number of benzene rings is 2. The van der Waals surface area contributed by atoms with Crippen LogP contribution in [0.3, 0.4) is 0 Å². The Hall–Kier alpha value is -2.70. The second-order valence-corrected chi connectivity index (χ2v) is 11.7. The van der Waals surface area contributed by atoms with E-state index >= 15 is 0 Å². The summed E-state index contributed by atoms with van der Waals surface area (Å²) >= 11 is 12.7. The Morgan fingerprint density at radius 1 is 1.06 bits per heavy atom. The Kier molecular flexibility index (Phi) is 6.35. The molecule has 0 N–H and O–H groups in total. The van der Waals surface area contributed by atoms with Crippen LogP contribution in [0.2, 0.25) is 10.0 Å². The summed E-state index contributed by atoms with van der Waals surface area (Å²) in [4.78, 5) is 15.3. The fraction of sp³-hybridized carbons (Fsp3) is 0.407. The minimum absolute atomic E-state index is 0.183. The smallest absolute Gasteiger partial charge is 0.274 e. The van der Waals surface area contributed by atoms with E-state index in [1.165, 1.54) is 0 Å². The van der Waals surface area contributed by atoms with Crippen molar-refractivity contribution < 1.29 is 14.3 Å². The lowest BCUT2D eigenvalue weighted by Gasteiger charge is -2.31. The van der Waals surface area contributed by atoms with Crippen LogP contribution in [-0.4, -0.2) is 40.3 Å². The summed E-state index contributed by atoms with van der Waals surface area (Å²) in [6.07, 6.45) is 0. The van der Waals surface area contributed by atoms with Crippen LogP contribution in [0.15, 0.2) is 30.3 Å². The van der Waals surface area contributed by atoms with Crippen LogP contribution < -0.4 is 9.47 Å². The van der Waals surface area contributed by atoms with Gasteiger partial charge in [-0.15, -0.1) is 0 Å². The average molecular weight is 516 g/mol. The number of carbonyl (C=O) groups excluding carboxylic acids is 1. The molecule has 0 unspecified atom stereocenters. The lowest BCUT2D eigenvalue weighted by atomic mass is 9.84. The van der Waals surface area contributed by atoms with E-state index in [4.69, 9.17) is 37.8 Å². The number of carbonyl (C=O) groups is 1. The van der Waals surface area contributed by atoms with E-state index in [1.807, 2.05) is 26.8 Å². The van der Waals surface area contributed by atoms with Crippen molar-refractivity contribution >= 4 is 29.1 Å². The highest BCUT2D eigenvalue weighted by Crippen LogP contribution is 2.46. The molecule has 0 saturated heterocycles. The molecule has 1 aliphatic rings. The van der Waals surface area contributed by atoms with Crippen LogP contribution in [0.1, 0.15) is 63.2 Å². The zero-order chi connectivity index (χ0) is 25.9. The first kappa shape index (κ1) is 25.4. The number of hydrogen-bond donors (Lipinski definition) is 0. The van der Waals surface area contributed by atoms with Crippen LogP contribution in [0, 0.1) is 0 Å². The predicted molar refractivity (Wildman–Crippen MR) is 140 cm³/mol. The van der Waals surface area contributed by atoms with Crippen LogP contribution in [0.4, 0.5) is 0 Å². The van der Waals surface area contributed by atoms with Crippen molar-refractivity contribution in [2.24, 2.45) is 0 Å². The van der Waals surface area contributed by atoms with Crippen molar-refractivity contribution in [1.29, 1.82) is 0 Å². The van der Waals surface area contributed by atoms with E-state index < -0.39 is 0 Å². The van der Waals surface area contributed by atoms with E-state index in [2.05, 4.69) is 26.8 Å². The van der Waals surface area contributed by atoms with Gasteiger partial charge in [0.1, 0.15) is 18.1 Å². The highest BCUT2D eigenvalue weighted by Gasteiger charge is 2.35. The summed E-state index contributed by atoms with van der Waals surface area (Å²) in [5.41, 5.74) is 3.79. The molecule has 0 radical (unpaired) electrons.